The van der Waals surface area contributed by atoms with E-state index in [1.165, 1.54) is 5.56 Å². The highest BCUT2D eigenvalue weighted by Gasteiger charge is 2.12. The van der Waals surface area contributed by atoms with Crippen LogP contribution in [0.1, 0.15) is 32.9 Å². The average Bonchev–Trinajstić information content (AvgIpc) is 2.80. The van der Waals surface area contributed by atoms with E-state index < -0.39 is 0 Å². The molecular weight excluding hydrogens is 238 g/mol. The molecule has 0 spiro atoms. The Morgan fingerprint density at radius 1 is 1.26 bits per heavy atom. The van der Waals surface area contributed by atoms with E-state index in [1.807, 2.05) is 32.9 Å². The molecule has 0 aliphatic rings. The molecule has 0 saturated heterocycles. The third-order valence-corrected chi connectivity index (χ3v) is 3.11. The van der Waals surface area contributed by atoms with Gasteiger partial charge in [-0.2, -0.15) is 0 Å². The monoisotopic (exact) mass is 257 g/mol. The number of carbonyl (C=O) groups excluding carboxylic acids is 1. The van der Waals surface area contributed by atoms with E-state index in [0.717, 1.165) is 22.5 Å². The number of H-pyrrole nitrogens is 1. The molecule has 0 radical (unpaired) electrons. The SMILES string of the molecule is Cc1cc(C)c(C(=O)NCCc2ncc[nH]2)c(C)c1. The molecule has 0 bridgehead atoms. The second kappa shape index (κ2) is 5.69. The van der Waals surface area contributed by atoms with E-state index in [9.17, 15) is 4.79 Å². The predicted molar refractivity (Wildman–Crippen MR) is 75.3 cm³/mol. The van der Waals surface area contributed by atoms with Crippen molar-refractivity contribution in [2.45, 2.75) is 27.2 Å². The number of amides is 1. The molecule has 2 N–H and O–H groups in total. The van der Waals surface area contributed by atoms with Gasteiger partial charge < -0.3 is 10.3 Å². The number of rotatable bonds is 4. The van der Waals surface area contributed by atoms with E-state index in [-0.39, 0.29) is 5.91 Å². The summed E-state index contributed by atoms with van der Waals surface area (Å²) in [5.74, 6) is 0.874. The Morgan fingerprint density at radius 3 is 2.53 bits per heavy atom. The summed E-state index contributed by atoms with van der Waals surface area (Å²) in [4.78, 5) is 19.3. The van der Waals surface area contributed by atoms with Crippen molar-refractivity contribution in [2.24, 2.45) is 0 Å². The fraction of sp³-hybridized carbons (Fsp3) is 0.333. The molecule has 4 heteroatoms. The summed E-state index contributed by atoms with van der Waals surface area (Å²) >= 11 is 0. The number of aromatic amines is 1. The molecule has 0 saturated carbocycles. The van der Waals surface area contributed by atoms with Crippen LogP contribution in [-0.4, -0.2) is 22.4 Å². The normalized spacial score (nSPS) is 10.5. The van der Waals surface area contributed by atoms with Gasteiger partial charge in [-0.3, -0.25) is 4.79 Å². The molecule has 0 fully saturated rings. The average molecular weight is 257 g/mol. The molecule has 2 aromatic rings. The van der Waals surface area contributed by atoms with Crippen LogP contribution in [0.3, 0.4) is 0 Å². The first-order chi connectivity index (χ1) is 9.08. The topological polar surface area (TPSA) is 57.8 Å². The van der Waals surface area contributed by atoms with Crippen LogP contribution in [0.4, 0.5) is 0 Å². The number of nitrogens with one attached hydrogen (secondary N) is 2. The van der Waals surface area contributed by atoms with Gasteiger partial charge in [0, 0.05) is 30.9 Å². The van der Waals surface area contributed by atoms with Gasteiger partial charge in [0.15, 0.2) is 0 Å². The van der Waals surface area contributed by atoms with E-state index in [2.05, 4.69) is 15.3 Å². The lowest BCUT2D eigenvalue weighted by molar-refractivity contribution is 0.0953. The van der Waals surface area contributed by atoms with Gasteiger partial charge in [-0.05, 0) is 31.9 Å². The minimum absolute atomic E-state index is 0.0124. The van der Waals surface area contributed by atoms with Gasteiger partial charge in [0.05, 0.1) is 0 Å². The summed E-state index contributed by atoms with van der Waals surface area (Å²) in [5, 5.41) is 2.94. The minimum atomic E-state index is -0.0124. The highest BCUT2D eigenvalue weighted by atomic mass is 16.1. The molecule has 0 atom stereocenters. The highest BCUT2D eigenvalue weighted by Crippen LogP contribution is 2.16. The van der Waals surface area contributed by atoms with Crippen LogP contribution < -0.4 is 5.32 Å². The summed E-state index contributed by atoms with van der Waals surface area (Å²) < 4.78 is 0. The largest absolute Gasteiger partial charge is 0.352 e. The zero-order valence-electron chi connectivity index (χ0n) is 11.6. The van der Waals surface area contributed by atoms with Crippen molar-refractivity contribution in [1.29, 1.82) is 0 Å². The molecule has 1 amide bonds. The summed E-state index contributed by atoms with van der Waals surface area (Å²) in [6, 6.07) is 4.07. The first-order valence-electron chi connectivity index (χ1n) is 6.42. The number of aromatic nitrogens is 2. The van der Waals surface area contributed by atoms with Gasteiger partial charge in [-0.1, -0.05) is 17.7 Å². The number of carbonyl (C=O) groups is 1. The Balaban J connectivity index is 2.00. The smallest absolute Gasteiger partial charge is 0.251 e. The van der Waals surface area contributed by atoms with Crippen molar-refractivity contribution in [1.82, 2.24) is 15.3 Å². The van der Waals surface area contributed by atoms with E-state index in [0.29, 0.717) is 13.0 Å². The molecule has 0 aliphatic carbocycles. The van der Waals surface area contributed by atoms with Gasteiger partial charge in [-0.15, -0.1) is 0 Å². The Kier molecular flexibility index (Phi) is 4.00. The molecule has 0 unspecified atom stereocenters. The van der Waals surface area contributed by atoms with Gasteiger partial charge in [0.1, 0.15) is 5.82 Å². The Bertz CT molecular complexity index is 550. The maximum atomic E-state index is 12.2. The zero-order chi connectivity index (χ0) is 13.8. The van der Waals surface area contributed by atoms with Crippen molar-refractivity contribution in [2.75, 3.05) is 6.54 Å². The number of hydrogen-bond donors (Lipinski definition) is 2. The lowest BCUT2D eigenvalue weighted by Gasteiger charge is -2.11. The summed E-state index contributed by atoms with van der Waals surface area (Å²) in [6.45, 7) is 6.57. The molecule has 100 valence electrons. The van der Waals surface area contributed by atoms with Crippen molar-refractivity contribution >= 4 is 5.91 Å². The summed E-state index contributed by atoms with van der Waals surface area (Å²) in [6.07, 6.45) is 4.21. The predicted octanol–water partition coefficient (Wildman–Crippen LogP) is 2.31. The molecule has 19 heavy (non-hydrogen) atoms. The molecule has 4 nitrogen and oxygen atoms in total. The molecule has 1 aromatic heterocycles. The lowest BCUT2D eigenvalue weighted by Crippen LogP contribution is -2.27. The number of nitrogens with zero attached hydrogens (tertiary/aromatic N) is 1. The Hall–Kier alpha value is -2.10. The van der Waals surface area contributed by atoms with Gasteiger partial charge in [0.25, 0.3) is 5.91 Å². The highest BCUT2D eigenvalue weighted by molar-refractivity contribution is 5.97. The number of aryl methyl sites for hydroxylation is 3. The maximum absolute atomic E-state index is 12.2. The third-order valence-electron chi connectivity index (χ3n) is 3.11. The zero-order valence-corrected chi connectivity index (χ0v) is 11.6. The van der Waals surface area contributed by atoms with Crippen molar-refractivity contribution in [3.05, 3.63) is 52.6 Å². The Morgan fingerprint density at radius 2 is 1.95 bits per heavy atom. The minimum Gasteiger partial charge on any atom is -0.352 e. The standard InChI is InChI=1S/C15H19N3O/c1-10-8-11(2)14(12(3)9-10)15(19)18-5-4-13-16-6-7-17-13/h6-9H,4-5H2,1-3H3,(H,16,17)(H,18,19). The van der Waals surface area contributed by atoms with Crippen molar-refractivity contribution in [3.63, 3.8) is 0 Å². The first-order valence-corrected chi connectivity index (χ1v) is 6.42. The van der Waals surface area contributed by atoms with Crippen LogP contribution in [-0.2, 0) is 6.42 Å². The summed E-state index contributed by atoms with van der Waals surface area (Å²) in [5.41, 5.74) is 4.01. The van der Waals surface area contributed by atoms with Gasteiger partial charge >= 0.3 is 0 Å². The quantitative estimate of drug-likeness (QED) is 0.883. The first kappa shape index (κ1) is 13.3. The lowest BCUT2D eigenvalue weighted by atomic mass is 9.99. The van der Waals surface area contributed by atoms with E-state index in [1.54, 1.807) is 12.4 Å². The molecule has 1 heterocycles. The molecule has 1 aromatic carbocycles. The van der Waals surface area contributed by atoms with E-state index >= 15 is 0 Å². The number of imidazole rings is 1. The maximum Gasteiger partial charge on any atom is 0.251 e. The van der Waals surface area contributed by atoms with Crippen LogP contribution in [0.5, 0.6) is 0 Å². The summed E-state index contributed by atoms with van der Waals surface area (Å²) in [7, 11) is 0. The van der Waals surface area contributed by atoms with Crippen molar-refractivity contribution < 1.29 is 4.79 Å². The van der Waals surface area contributed by atoms with Crippen LogP contribution in [0, 0.1) is 20.8 Å². The van der Waals surface area contributed by atoms with Gasteiger partial charge in [0.2, 0.25) is 0 Å². The fourth-order valence-electron chi connectivity index (χ4n) is 2.36. The van der Waals surface area contributed by atoms with Crippen molar-refractivity contribution in [3.8, 4) is 0 Å². The van der Waals surface area contributed by atoms with Crippen LogP contribution >= 0.6 is 0 Å². The van der Waals surface area contributed by atoms with Crippen LogP contribution in [0.15, 0.2) is 24.5 Å². The molecule has 2 rings (SSSR count). The van der Waals surface area contributed by atoms with Crippen LogP contribution in [0.25, 0.3) is 0 Å². The molecular formula is C15H19N3O. The second-order valence-electron chi connectivity index (χ2n) is 4.82. The molecule has 0 aliphatic heterocycles. The third kappa shape index (κ3) is 3.22. The Labute approximate surface area is 113 Å². The number of hydrogen-bond acceptors (Lipinski definition) is 2. The fourth-order valence-corrected chi connectivity index (χ4v) is 2.36. The second-order valence-corrected chi connectivity index (χ2v) is 4.82. The van der Waals surface area contributed by atoms with Crippen LogP contribution in [0.2, 0.25) is 0 Å². The number of benzene rings is 1. The van der Waals surface area contributed by atoms with E-state index in [4.69, 9.17) is 0 Å². The van der Waals surface area contributed by atoms with Gasteiger partial charge in [-0.25, -0.2) is 4.98 Å².